The quantitative estimate of drug-likeness (QED) is 0.753. The molecule has 0 saturated carbocycles. The van der Waals surface area contributed by atoms with E-state index in [0.29, 0.717) is 0 Å². The van der Waals surface area contributed by atoms with E-state index in [0.717, 1.165) is 12.3 Å². The molecule has 0 atom stereocenters. The number of alkyl halides is 3. The normalized spacial score (nSPS) is 11.4. The molecule has 0 aromatic carbocycles. The van der Waals surface area contributed by atoms with Crippen LogP contribution in [0.4, 0.5) is 13.2 Å². The van der Waals surface area contributed by atoms with Crippen molar-refractivity contribution in [1.82, 2.24) is 4.98 Å². The molecule has 14 heavy (non-hydrogen) atoms. The molecule has 76 valence electrons. The third-order valence-electron chi connectivity index (χ3n) is 1.67. The van der Waals surface area contributed by atoms with Gasteiger partial charge in [-0.05, 0) is 18.6 Å². The molecule has 2 N–H and O–H groups in total. The summed E-state index contributed by atoms with van der Waals surface area (Å²) in [5.74, 6) is -0.788. The number of carbonyl (C=O) groups excluding carboxylic acids is 1. The topological polar surface area (TPSA) is 56.0 Å². The highest BCUT2D eigenvalue weighted by molar-refractivity contribution is 5.93. The molecule has 0 aliphatic heterocycles. The van der Waals surface area contributed by atoms with Gasteiger partial charge in [0.05, 0.1) is 5.56 Å². The monoisotopic (exact) mass is 204 g/mol. The van der Waals surface area contributed by atoms with Crippen molar-refractivity contribution in [2.24, 2.45) is 5.73 Å². The molecule has 0 fully saturated rings. The van der Waals surface area contributed by atoms with Crippen molar-refractivity contribution < 1.29 is 18.0 Å². The van der Waals surface area contributed by atoms with E-state index in [4.69, 9.17) is 5.73 Å². The SMILES string of the molecule is Cc1cc(C(F)(F)F)ncc1C(N)=O. The predicted molar refractivity (Wildman–Crippen MR) is 42.5 cm³/mol. The van der Waals surface area contributed by atoms with E-state index < -0.39 is 17.8 Å². The van der Waals surface area contributed by atoms with Crippen LogP contribution in [0.3, 0.4) is 0 Å². The Labute approximate surface area is 77.7 Å². The number of hydrogen-bond donors (Lipinski definition) is 1. The fraction of sp³-hybridized carbons (Fsp3) is 0.250. The summed E-state index contributed by atoms with van der Waals surface area (Å²) in [5, 5.41) is 0. The second-order valence-corrected chi connectivity index (χ2v) is 2.75. The predicted octanol–water partition coefficient (Wildman–Crippen LogP) is 1.51. The molecule has 0 spiro atoms. The Bertz CT molecular complexity index is 373. The molecule has 0 aliphatic carbocycles. The second kappa shape index (κ2) is 3.28. The zero-order valence-electron chi connectivity index (χ0n) is 7.22. The number of nitrogens with two attached hydrogens (primary N) is 1. The minimum Gasteiger partial charge on any atom is -0.366 e. The highest BCUT2D eigenvalue weighted by Gasteiger charge is 2.32. The van der Waals surface area contributed by atoms with Crippen LogP contribution in [0, 0.1) is 6.92 Å². The zero-order valence-corrected chi connectivity index (χ0v) is 7.22. The van der Waals surface area contributed by atoms with Crippen molar-refractivity contribution >= 4 is 5.91 Å². The summed E-state index contributed by atoms with van der Waals surface area (Å²) in [4.78, 5) is 13.8. The summed E-state index contributed by atoms with van der Waals surface area (Å²) < 4.78 is 36.4. The summed E-state index contributed by atoms with van der Waals surface area (Å²) in [5.41, 5.74) is 4.05. The summed E-state index contributed by atoms with van der Waals surface area (Å²) >= 11 is 0. The average Bonchev–Trinajstić information content (AvgIpc) is 2.01. The third kappa shape index (κ3) is 2.01. The van der Waals surface area contributed by atoms with Crippen LogP contribution in [0.15, 0.2) is 12.3 Å². The number of pyridine rings is 1. The molecular weight excluding hydrogens is 197 g/mol. The molecule has 6 heteroatoms. The highest BCUT2D eigenvalue weighted by atomic mass is 19.4. The van der Waals surface area contributed by atoms with Crippen molar-refractivity contribution in [2.75, 3.05) is 0 Å². The van der Waals surface area contributed by atoms with E-state index in [2.05, 4.69) is 4.98 Å². The van der Waals surface area contributed by atoms with Gasteiger partial charge in [-0.2, -0.15) is 13.2 Å². The van der Waals surface area contributed by atoms with Gasteiger partial charge < -0.3 is 5.73 Å². The number of aryl methyl sites for hydroxylation is 1. The smallest absolute Gasteiger partial charge is 0.366 e. The maximum Gasteiger partial charge on any atom is 0.433 e. The van der Waals surface area contributed by atoms with Crippen LogP contribution in [-0.4, -0.2) is 10.9 Å². The minimum absolute atomic E-state index is 0.00185. The molecule has 1 aromatic heterocycles. The fourth-order valence-electron chi connectivity index (χ4n) is 0.969. The Morgan fingerprint density at radius 3 is 2.43 bits per heavy atom. The van der Waals surface area contributed by atoms with E-state index in [1.807, 2.05) is 0 Å². The van der Waals surface area contributed by atoms with E-state index in [1.54, 1.807) is 0 Å². The lowest BCUT2D eigenvalue weighted by Crippen LogP contribution is -2.15. The molecule has 1 heterocycles. The Morgan fingerprint density at radius 1 is 1.50 bits per heavy atom. The third-order valence-corrected chi connectivity index (χ3v) is 1.67. The fourth-order valence-corrected chi connectivity index (χ4v) is 0.969. The number of hydrogen-bond acceptors (Lipinski definition) is 2. The number of rotatable bonds is 1. The maximum atomic E-state index is 12.1. The maximum absolute atomic E-state index is 12.1. The van der Waals surface area contributed by atoms with Crippen molar-refractivity contribution in [3.8, 4) is 0 Å². The Morgan fingerprint density at radius 2 is 2.07 bits per heavy atom. The first-order valence-corrected chi connectivity index (χ1v) is 3.66. The van der Waals surface area contributed by atoms with Crippen LogP contribution in [0.2, 0.25) is 0 Å². The molecule has 1 rings (SSSR count). The molecule has 0 bridgehead atoms. The Kier molecular flexibility index (Phi) is 2.46. The summed E-state index contributed by atoms with van der Waals surface area (Å²) in [7, 11) is 0. The molecule has 3 nitrogen and oxygen atoms in total. The van der Waals surface area contributed by atoms with Gasteiger partial charge in [0.2, 0.25) is 0 Å². The van der Waals surface area contributed by atoms with Crippen LogP contribution < -0.4 is 5.73 Å². The lowest BCUT2D eigenvalue weighted by atomic mass is 10.1. The standard InChI is InChI=1S/C8H7F3N2O/c1-4-2-6(8(9,10)11)13-3-5(4)7(12)14/h2-3H,1H3,(H2,12,14). The zero-order chi connectivity index (χ0) is 10.9. The van der Waals surface area contributed by atoms with Gasteiger partial charge in [-0.1, -0.05) is 0 Å². The van der Waals surface area contributed by atoms with E-state index in [1.165, 1.54) is 6.92 Å². The van der Waals surface area contributed by atoms with E-state index >= 15 is 0 Å². The first-order valence-electron chi connectivity index (χ1n) is 3.66. The van der Waals surface area contributed by atoms with Gasteiger partial charge in [-0.3, -0.25) is 9.78 Å². The van der Waals surface area contributed by atoms with Crippen LogP contribution >= 0.6 is 0 Å². The summed E-state index contributed by atoms with van der Waals surface area (Å²) in [6, 6.07) is 0.792. The number of aromatic nitrogens is 1. The van der Waals surface area contributed by atoms with Crippen molar-refractivity contribution in [1.29, 1.82) is 0 Å². The van der Waals surface area contributed by atoms with Gasteiger partial charge in [0.1, 0.15) is 5.69 Å². The van der Waals surface area contributed by atoms with Gasteiger partial charge in [-0.15, -0.1) is 0 Å². The van der Waals surface area contributed by atoms with Crippen LogP contribution in [0.5, 0.6) is 0 Å². The van der Waals surface area contributed by atoms with Crippen LogP contribution in [0.1, 0.15) is 21.6 Å². The highest BCUT2D eigenvalue weighted by Crippen LogP contribution is 2.28. The Balaban J connectivity index is 3.20. The number of carbonyl (C=O) groups is 1. The molecular formula is C8H7F3N2O. The number of primary amides is 1. The molecule has 0 aliphatic rings. The largest absolute Gasteiger partial charge is 0.433 e. The molecule has 0 radical (unpaired) electrons. The summed E-state index contributed by atoms with van der Waals surface area (Å²) in [6.07, 6.45) is -3.67. The van der Waals surface area contributed by atoms with Crippen LogP contribution in [0.25, 0.3) is 0 Å². The molecule has 1 aromatic rings. The number of nitrogens with zero attached hydrogens (tertiary/aromatic N) is 1. The average molecular weight is 204 g/mol. The minimum atomic E-state index is -4.50. The molecule has 1 amide bonds. The van der Waals surface area contributed by atoms with E-state index in [9.17, 15) is 18.0 Å². The van der Waals surface area contributed by atoms with Gasteiger partial charge >= 0.3 is 6.18 Å². The number of amides is 1. The first-order chi connectivity index (χ1) is 6.32. The van der Waals surface area contributed by atoms with Crippen molar-refractivity contribution in [2.45, 2.75) is 13.1 Å². The van der Waals surface area contributed by atoms with Gasteiger partial charge in [0, 0.05) is 6.20 Å². The van der Waals surface area contributed by atoms with Gasteiger partial charge in [-0.25, -0.2) is 0 Å². The van der Waals surface area contributed by atoms with Gasteiger partial charge in [0.15, 0.2) is 0 Å². The first kappa shape index (κ1) is 10.5. The molecule has 0 saturated heterocycles. The second-order valence-electron chi connectivity index (χ2n) is 2.75. The lowest BCUT2D eigenvalue weighted by Gasteiger charge is -2.07. The van der Waals surface area contributed by atoms with Crippen LogP contribution in [-0.2, 0) is 6.18 Å². The van der Waals surface area contributed by atoms with Gasteiger partial charge in [0.25, 0.3) is 5.91 Å². The van der Waals surface area contributed by atoms with Crippen molar-refractivity contribution in [3.05, 3.63) is 29.1 Å². The van der Waals surface area contributed by atoms with E-state index in [-0.39, 0.29) is 11.1 Å². The summed E-state index contributed by atoms with van der Waals surface area (Å²) in [6.45, 7) is 1.37. The van der Waals surface area contributed by atoms with Crippen molar-refractivity contribution in [3.63, 3.8) is 0 Å². The lowest BCUT2D eigenvalue weighted by molar-refractivity contribution is -0.141. The number of halogens is 3. The molecule has 0 unspecified atom stereocenters. The Hall–Kier alpha value is -1.59.